The Labute approximate surface area is 121 Å². The first-order chi connectivity index (χ1) is 5.55. The van der Waals surface area contributed by atoms with Gasteiger partial charge >= 0.3 is 41.7 Å². The molecule has 2 nitrogen and oxygen atoms in total. The summed E-state index contributed by atoms with van der Waals surface area (Å²) in [5, 5.41) is 0. The molecule has 0 fully saturated rings. The van der Waals surface area contributed by atoms with Crippen LogP contribution in [0.3, 0.4) is 0 Å². The van der Waals surface area contributed by atoms with Crippen LogP contribution < -0.4 is 0 Å². The summed E-state index contributed by atoms with van der Waals surface area (Å²) in [4.78, 5) is 23.0. The van der Waals surface area contributed by atoms with E-state index in [4.69, 9.17) is 0 Å². The van der Waals surface area contributed by atoms with Crippen LogP contribution in [0.15, 0.2) is 0 Å². The van der Waals surface area contributed by atoms with E-state index in [-0.39, 0.29) is 59.7 Å². The third-order valence-electron chi connectivity index (χ3n) is 1.99. The summed E-state index contributed by atoms with van der Waals surface area (Å²) in [5.41, 5.74) is -0.804. The molecule has 0 saturated carbocycles. The minimum Gasteiger partial charge on any atom is -0.299 e. The molecule has 0 aromatic rings. The summed E-state index contributed by atoms with van der Waals surface area (Å²) >= 11 is 0. The maximum absolute atomic E-state index is 11.5. The van der Waals surface area contributed by atoms with Gasteiger partial charge in [0.1, 0.15) is 11.6 Å². The summed E-state index contributed by atoms with van der Waals surface area (Å²) in [5.74, 6) is 0.0415. The molecule has 0 spiro atoms. The van der Waals surface area contributed by atoms with Gasteiger partial charge in [-0.2, -0.15) is 0 Å². The molecule has 0 bridgehead atoms. The van der Waals surface area contributed by atoms with Crippen LogP contribution in [0.5, 0.6) is 0 Å². The van der Waals surface area contributed by atoms with Crippen LogP contribution in [0.25, 0.3) is 0 Å². The molecule has 0 N–H and O–H groups in total. The molecule has 0 aliphatic heterocycles. The van der Waals surface area contributed by atoms with Crippen LogP contribution in [-0.4, -0.2) is 11.6 Å². The van der Waals surface area contributed by atoms with Crippen LogP contribution in [0.1, 0.15) is 48.0 Å². The Balaban J connectivity index is 0. The molecular weight excluding hydrogens is 304 g/mol. The van der Waals surface area contributed by atoms with Crippen molar-refractivity contribution in [2.45, 2.75) is 48.0 Å². The second-order valence-electron chi connectivity index (χ2n) is 5.52. The molecule has 0 aromatic carbocycles. The Hall–Kier alpha value is 0.717. The molecule has 76 valence electrons. The van der Waals surface area contributed by atoms with Gasteiger partial charge < -0.3 is 0 Å². The Morgan fingerprint density at radius 2 is 1.00 bits per heavy atom. The molecule has 0 aliphatic carbocycles. The maximum Gasteiger partial charge on any atom is 4.00 e. The zero-order valence-corrected chi connectivity index (χ0v) is 13.2. The number of rotatable bonds is 2. The Morgan fingerprint density at radius 1 is 0.786 bits per heavy atom. The van der Waals surface area contributed by atoms with E-state index in [0.717, 1.165) is 0 Å². The van der Waals surface area contributed by atoms with Crippen molar-refractivity contribution >= 4 is 11.6 Å². The fraction of sp³-hybridized carbons (Fsp3) is 0.818. The van der Waals surface area contributed by atoms with Gasteiger partial charge in [-0.3, -0.25) is 9.59 Å². The summed E-state index contributed by atoms with van der Waals surface area (Å²) in [6.07, 6.45) is 0.0625. The van der Waals surface area contributed by atoms with Crippen molar-refractivity contribution in [3.63, 3.8) is 0 Å². The van der Waals surface area contributed by atoms with Gasteiger partial charge in [0.05, 0.1) is 6.42 Å². The minimum atomic E-state index is -0.402. The molecule has 0 amide bonds. The summed E-state index contributed by atoms with van der Waals surface area (Å²) in [7, 11) is 0. The van der Waals surface area contributed by atoms with Crippen molar-refractivity contribution in [1.29, 1.82) is 0 Å². The molecule has 0 rings (SSSR count). The van der Waals surface area contributed by atoms with Gasteiger partial charge in [0, 0.05) is 10.8 Å². The Morgan fingerprint density at radius 3 is 1.14 bits per heavy atom. The SMILES string of the molecule is CC(C)(C)C(=O)CC(=O)C(C)(C)C.[Ce+4]. The van der Waals surface area contributed by atoms with Crippen molar-refractivity contribution in [2.24, 2.45) is 10.8 Å². The van der Waals surface area contributed by atoms with E-state index < -0.39 is 10.8 Å². The fourth-order valence-electron chi connectivity index (χ4n) is 0.676. The number of hydrogen-bond acceptors (Lipinski definition) is 2. The van der Waals surface area contributed by atoms with Crippen LogP contribution in [0.4, 0.5) is 0 Å². The molecule has 0 aromatic heterocycles. The van der Waals surface area contributed by atoms with Gasteiger partial charge in [-0.15, -0.1) is 0 Å². The van der Waals surface area contributed by atoms with Gasteiger partial charge in [-0.25, -0.2) is 0 Å². The summed E-state index contributed by atoms with van der Waals surface area (Å²) < 4.78 is 0. The first kappa shape index (κ1) is 17.1. The molecule has 0 aliphatic rings. The van der Waals surface area contributed by atoms with Crippen LogP contribution in [-0.2, 0) is 9.59 Å². The van der Waals surface area contributed by atoms with E-state index in [1.807, 2.05) is 41.5 Å². The van der Waals surface area contributed by atoms with E-state index in [9.17, 15) is 9.59 Å². The predicted molar refractivity (Wildman–Crippen MR) is 53.5 cm³/mol. The van der Waals surface area contributed by atoms with Gasteiger partial charge in [-0.05, 0) is 0 Å². The monoisotopic (exact) mass is 324 g/mol. The van der Waals surface area contributed by atoms with Crippen LogP contribution >= 0.6 is 0 Å². The average molecular weight is 324 g/mol. The first-order valence-electron chi connectivity index (χ1n) is 4.62. The Bertz CT molecular complexity index is 194. The first-order valence-corrected chi connectivity index (χ1v) is 4.62. The zero-order valence-electron chi connectivity index (χ0n) is 10.0. The second kappa shape index (κ2) is 5.71. The summed E-state index contributed by atoms with van der Waals surface area (Å²) in [6.45, 7) is 11.0. The van der Waals surface area contributed by atoms with E-state index in [0.29, 0.717) is 0 Å². The van der Waals surface area contributed by atoms with Gasteiger partial charge in [0.25, 0.3) is 0 Å². The van der Waals surface area contributed by atoms with Gasteiger partial charge in [-0.1, -0.05) is 41.5 Å². The molecule has 0 saturated heterocycles. The standard InChI is InChI=1S/C11H20O2.Ce/c1-10(2,3)8(12)7-9(13)11(4,5)6;/h7H2,1-6H3;/q;+4. The van der Waals surface area contributed by atoms with E-state index in [2.05, 4.69) is 0 Å². The number of hydrogen-bond donors (Lipinski definition) is 0. The smallest absolute Gasteiger partial charge is 0.299 e. The number of Topliss-reactive ketones (excluding diaryl/α,β-unsaturated/α-hetero) is 2. The van der Waals surface area contributed by atoms with Crippen molar-refractivity contribution in [3.05, 3.63) is 0 Å². The van der Waals surface area contributed by atoms with E-state index >= 15 is 0 Å². The van der Waals surface area contributed by atoms with E-state index in [1.165, 1.54) is 0 Å². The molecule has 0 unspecified atom stereocenters. The van der Waals surface area contributed by atoms with Crippen molar-refractivity contribution < 1.29 is 51.3 Å². The van der Waals surface area contributed by atoms with Gasteiger partial charge in [0.15, 0.2) is 0 Å². The van der Waals surface area contributed by atoms with Gasteiger partial charge in [0.2, 0.25) is 0 Å². The normalized spacial score (nSPS) is 11.9. The summed E-state index contributed by atoms with van der Waals surface area (Å²) in [6, 6.07) is 0. The maximum atomic E-state index is 11.5. The Kier molecular flexibility index (Phi) is 6.98. The van der Waals surface area contributed by atoms with Crippen molar-refractivity contribution in [1.82, 2.24) is 0 Å². The third kappa shape index (κ3) is 6.25. The molecule has 0 atom stereocenters. The molecular formula is C11H20CeO2+4. The van der Waals surface area contributed by atoms with Crippen molar-refractivity contribution in [3.8, 4) is 0 Å². The number of carbonyl (C=O) groups excluding carboxylic acids is 2. The topological polar surface area (TPSA) is 34.1 Å². The molecule has 0 radical (unpaired) electrons. The third-order valence-corrected chi connectivity index (χ3v) is 1.99. The molecule has 3 heteroatoms. The van der Waals surface area contributed by atoms with Crippen LogP contribution in [0, 0.1) is 52.6 Å². The zero-order chi connectivity index (χ0) is 10.9. The molecule has 14 heavy (non-hydrogen) atoms. The molecule has 0 heterocycles. The quantitative estimate of drug-likeness (QED) is 0.732. The average Bonchev–Trinajstić information content (AvgIpc) is 1.82. The minimum absolute atomic E-state index is 0. The number of ketones is 2. The second-order valence-corrected chi connectivity index (χ2v) is 5.52. The largest absolute Gasteiger partial charge is 4.00 e. The van der Waals surface area contributed by atoms with E-state index in [1.54, 1.807) is 0 Å². The predicted octanol–water partition coefficient (Wildman–Crippen LogP) is 2.61. The van der Waals surface area contributed by atoms with Crippen LogP contribution in [0.2, 0.25) is 0 Å². The van der Waals surface area contributed by atoms with Crippen molar-refractivity contribution in [2.75, 3.05) is 0 Å². The number of carbonyl (C=O) groups is 2. The fourth-order valence-corrected chi connectivity index (χ4v) is 0.676.